The molecule has 1 aliphatic carbocycles. The SMILES string of the molecule is COC(=O)c1ccccc1N(C=O)C1=Cc2cc(OC)c(OC)cc2CC1. The zero-order valence-corrected chi connectivity index (χ0v) is 15.5. The zero-order chi connectivity index (χ0) is 19.4. The summed E-state index contributed by atoms with van der Waals surface area (Å²) in [4.78, 5) is 25.5. The molecule has 0 radical (unpaired) electrons. The minimum absolute atomic E-state index is 0.339. The lowest BCUT2D eigenvalue weighted by Gasteiger charge is -2.26. The molecule has 0 atom stereocenters. The molecule has 140 valence electrons. The Bertz CT molecular complexity index is 903. The molecular weight excluding hydrogens is 346 g/mol. The van der Waals surface area contributed by atoms with Crippen molar-refractivity contribution in [2.24, 2.45) is 0 Å². The van der Waals surface area contributed by atoms with Crippen LogP contribution in [0.4, 0.5) is 5.69 Å². The Morgan fingerprint density at radius 2 is 1.74 bits per heavy atom. The number of hydrogen-bond acceptors (Lipinski definition) is 5. The van der Waals surface area contributed by atoms with Gasteiger partial charge in [0.15, 0.2) is 11.5 Å². The maximum atomic E-state index is 12.1. The fourth-order valence-corrected chi connectivity index (χ4v) is 3.24. The number of benzene rings is 2. The fraction of sp³-hybridized carbons (Fsp3) is 0.238. The van der Waals surface area contributed by atoms with Crippen molar-refractivity contribution in [3.63, 3.8) is 0 Å². The van der Waals surface area contributed by atoms with Crippen molar-refractivity contribution in [2.75, 3.05) is 26.2 Å². The van der Waals surface area contributed by atoms with Gasteiger partial charge >= 0.3 is 5.97 Å². The lowest BCUT2D eigenvalue weighted by molar-refractivity contribution is -0.107. The van der Waals surface area contributed by atoms with Gasteiger partial charge in [-0.1, -0.05) is 12.1 Å². The Hall–Kier alpha value is -3.28. The molecule has 0 unspecified atom stereocenters. The number of ether oxygens (including phenoxy) is 3. The first kappa shape index (κ1) is 18.5. The van der Waals surface area contributed by atoms with Crippen LogP contribution in [0, 0.1) is 0 Å². The minimum atomic E-state index is -0.485. The van der Waals surface area contributed by atoms with Crippen molar-refractivity contribution >= 4 is 24.1 Å². The molecule has 0 aliphatic heterocycles. The Labute approximate surface area is 158 Å². The first-order chi connectivity index (χ1) is 13.1. The maximum absolute atomic E-state index is 12.1. The lowest BCUT2D eigenvalue weighted by Crippen LogP contribution is -2.24. The summed E-state index contributed by atoms with van der Waals surface area (Å²) < 4.78 is 15.6. The molecule has 0 saturated carbocycles. The molecule has 0 aromatic heterocycles. The Morgan fingerprint density at radius 3 is 2.41 bits per heavy atom. The van der Waals surface area contributed by atoms with Crippen molar-refractivity contribution < 1.29 is 23.8 Å². The molecular formula is C21H21NO5. The first-order valence-corrected chi connectivity index (χ1v) is 8.50. The molecule has 1 aliphatic rings. The van der Waals surface area contributed by atoms with Crippen LogP contribution in [0.5, 0.6) is 11.5 Å². The quantitative estimate of drug-likeness (QED) is 0.578. The number of esters is 1. The molecule has 3 rings (SSSR count). The maximum Gasteiger partial charge on any atom is 0.339 e. The van der Waals surface area contributed by atoms with E-state index < -0.39 is 5.97 Å². The molecule has 2 aromatic carbocycles. The standard InChI is InChI=1S/C21H21NO5/c1-25-19-11-14-8-9-16(10-15(14)12-20(19)26-2)22(13-23)18-7-5-4-6-17(18)21(24)27-3/h4-7,10-13H,8-9H2,1-3H3. The Kier molecular flexibility index (Phi) is 5.45. The van der Waals surface area contributed by atoms with E-state index in [1.54, 1.807) is 38.5 Å². The highest BCUT2D eigenvalue weighted by Crippen LogP contribution is 2.36. The van der Waals surface area contributed by atoms with Gasteiger partial charge < -0.3 is 14.2 Å². The normalized spacial score (nSPS) is 12.5. The van der Waals surface area contributed by atoms with Crippen LogP contribution >= 0.6 is 0 Å². The molecule has 6 nitrogen and oxygen atoms in total. The zero-order valence-electron chi connectivity index (χ0n) is 15.5. The molecule has 0 N–H and O–H groups in total. The summed E-state index contributed by atoms with van der Waals surface area (Å²) in [5.41, 5.74) is 3.70. The number of aryl methyl sites for hydroxylation is 1. The number of carbonyl (C=O) groups is 2. The van der Waals surface area contributed by atoms with Gasteiger partial charge in [-0.2, -0.15) is 0 Å². The van der Waals surface area contributed by atoms with Crippen molar-refractivity contribution in [2.45, 2.75) is 12.8 Å². The highest BCUT2D eigenvalue weighted by Gasteiger charge is 2.22. The van der Waals surface area contributed by atoms with Crippen LogP contribution in [-0.2, 0) is 16.0 Å². The minimum Gasteiger partial charge on any atom is -0.493 e. The van der Waals surface area contributed by atoms with E-state index in [2.05, 4.69) is 0 Å². The van der Waals surface area contributed by atoms with Crippen molar-refractivity contribution in [1.82, 2.24) is 0 Å². The van der Waals surface area contributed by atoms with Crippen LogP contribution < -0.4 is 14.4 Å². The van der Waals surface area contributed by atoms with E-state index in [9.17, 15) is 9.59 Å². The lowest BCUT2D eigenvalue weighted by atomic mass is 9.93. The third-order valence-electron chi connectivity index (χ3n) is 4.60. The number of anilines is 1. The smallest absolute Gasteiger partial charge is 0.339 e. The second kappa shape index (κ2) is 7.95. The summed E-state index contributed by atoms with van der Waals surface area (Å²) in [5.74, 6) is 0.818. The highest BCUT2D eigenvalue weighted by atomic mass is 16.5. The Morgan fingerprint density at radius 1 is 1.04 bits per heavy atom. The Balaban J connectivity index is 2.05. The van der Waals surface area contributed by atoms with Crippen LogP contribution in [0.3, 0.4) is 0 Å². The molecule has 0 saturated heterocycles. The number of fused-ring (bicyclic) bond motifs is 1. The number of amides is 1. The largest absolute Gasteiger partial charge is 0.493 e. The first-order valence-electron chi connectivity index (χ1n) is 8.50. The van der Waals surface area contributed by atoms with Gasteiger partial charge in [-0.15, -0.1) is 0 Å². The third-order valence-corrected chi connectivity index (χ3v) is 4.60. The van der Waals surface area contributed by atoms with E-state index >= 15 is 0 Å². The van der Waals surface area contributed by atoms with Gasteiger partial charge in [-0.25, -0.2) is 4.79 Å². The van der Waals surface area contributed by atoms with Crippen molar-refractivity contribution in [3.05, 3.63) is 58.8 Å². The molecule has 0 heterocycles. The van der Waals surface area contributed by atoms with E-state index in [-0.39, 0.29) is 0 Å². The fourth-order valence-electron chi connectivity index (χ4n) is 3.24. The average molecular weight is 367 g/mol. The van der Waals surface area contributed by atoms with Gasteiger partial charge in [-0.3, -0.25) is 9.69 Å². The molecule has 0 bridgehead atoms. The van der Waals surface area contributed by atoms with Gasteiger partial charge in [0.05, 0.1) is 32.6 Å². The van der Waals surface area contributed by atoms with Crippen LogP contribution in [0.2, 0.25) is 0 Å². The van der Waals surface area contributed by atoms with E-state index in [1.807, 2.05) is 18.2 Å². The van der Waals surface area contributed by atoms with E-state index in [1.165, 1.54) is 12.0 Å². The number of rotatable bonds is 6. The van der Waals surface area contributed by atoms with E-state index in [4.69, 9.17) is 14.2 Å². The second-order valence-electron chi connectivity index (χ2n) is 6.03. The number of allylic oxidation sites excluding steroid dienone is 1. The number of nitrogens with zero attached hydrogens (tertiary/aromatic N) is 1. The van der Waals surface area contributed by atoms with Gasteiger partial charge in [-0.05, 0) is 54.3 Å². The van der Waals surface area contributed by atoms with Crippen LogP contribution in [-0.4, -0.2) is 33.7 Å². The third kappa shape index (κ3) is 3.51. The number of carbonyl (C=O) groups excluding carboxylic acids is 2. The van der Waals surface area contributed by atoms with E-state index in [0.717, 1.165) is 29.7 Å². The van der Waals surface area contributed by atoms with Gasteiger partial charge in [0.2, 0.25) is 6.41 Å². The summed E-state index contributed by atoms with van der Waals surface area (Å²) in [6.07, 6.45) is 4.05. The number of para-hydroxylation sites is 1. The predicted molar refractivity (Wildman–Crippen MR) is 102 cm³/mol. The molecule has 6 heteroatoms. The summed E-state index contributed by atoms with van der Waals surface area (Å²) in [7, 11) is 4.51. The van der Waals surface area contributed by atoms with Crippen molar-refractivity contribution in [3.8, 4) is 11.5 Å². The van der Waals surface area contributed by atoms with E-state index in [0.29, 0.717) is 29.2 Å². The highest BCUT2D eigenvalue weighted by molar-refractivity contribution is 6.00. The summed E-state index contributed by atoms with van der Waals surface area (Å²) in [6.45, 7) is 0. The second-order valence-corrected chi connectivity index (χ2v) is 6.03. The number of hydrogen-bond donors (Lipinski definition) is 0. The van der Waals surface area contributed by atoms with Crippen LogP contribution in [0.25, 0.3) is 6.08 Å². The summed E-state index contributed by atoms with van der Waals surface area (Å²) in [6, 6.07) is 10.7. The number of methoxy groups -OCH3 is 3. The van der Waals surface area contributed by atoms with Gasteiger partial charge in [0.25, 0.3) is 0 Å². The predicted octanol–water partition coefficient (Wildman–Crippen LogP) is 3.44. The van der Waals surface area contributed by atoms with Gasteiger partial charge in [0.1, 0.15) is 0 Å². The molecule has 0 fully saturated rings. The average Bonchev–Trinajstić information content (AvgIpc) is 2.72. The molecule has 2 aromatic rings. The summed E-state index contributed by atoms with van der Waals surface area (Å²) in [5, 5.41) is 0. The molecule has 1 amide bonds. The van der Waals surface area contributed by atoms with Gasteiger partial charge in [0, 0.05) is 5.70 Å². The topological polar surface area (TPSA) is 65.1 Å². The molecule has 0 spiro atoms. The van der Waals surface area contributed by atoms with Crippen LogP contribution in [0.15, 0.2) is 42.1 Å². The monoisotopic (exact) mass is 367 g/mol. The van der Waals surface area contributed by atoms with Crippen LogP contribution in [0.1, 0.15) is 27.9 Å². The summed E-state index contributed by atoms with van der Waals surface area (Å²) >= 11 is 0. The van der Waals surface area contributed by atoms with Crippen molar-refractivity contribution in [1.29, 1.82) is 0 Å². The molecule has 27 heavy (non-hydrogen) atoms.